The summed E-state index contributed by atoms with van der Waals surface area (Å²) >= 11 is 0. The van der Waals surface area contributed by atoms with Gasteiger partial charge in [-0.1, -0.05) is 97.1 Å². The number of nitrogens with zero attached hydrogens (tertiary/aromatic N) is 4. The van der Waals surface area contributed by atoms with E-state index >= 15 is 0 Å². The summed E-state index contributed by atoms with van der Waals surface area (Å²) in [5.41, 5.74) is 4.09. The van der Waals surface area contributed by atoms with E-state index < -0.39 is 22.9 Å². The van der Waals surface area contributed by atoms with Crippen LogP contribution in [0.2, 0.25) is 0 Å². The van der Waals surface area contributed by atoms with Gasteiger partial charge in [-0.05, 0) is 53.1 Å². The van der Waals surface area contributed by atoms with Crippen molar-refractivity contribution in [2.45, 2.75) is 19.6 Å². The topological polar surface area (TPSA) is 225 Å². The van der Waals surface area contributed by atoms with Crippen LogP contribution in [0.15, 0.2) is 158 Å². The maximum atomic E-state index is 12.7. The van der Waals surface area contributed by atoms with Gasteiger partial charge < -0.3 is 35.9 Å². The molecule has 0 spiro atoms. The number of aromatic nitrogens is 2. The zero-order valence-corrected chi connectivity index (χ0v) is 30.0. The number of pyridine rings is 2. The van der Waals surface area contributed by atoms with Crippen molar-refractivity contribution in [3.05, 3.63) is 196 Å². The fourth-order valence-electron chi connectivity index (χ4n) is 4.76. The molecular formula is C40H36CuN6O8. The number of carbonyl (C=O) groups is 3. The molecule has 0 aliphatic heterocycles. The van der Waals surface area contributed by atoms with Gasteiger partial charge >= 0.3 is 23.1 Å². The maximum absolute atomic E-state index is 12.7. The normalized spacial score (nSPS) is 9.69. The standard InChI is InChI=1S/C26H24N6O3.2C7H6O2.Cu.H2O/c33-26(29-21-11-7-12-24(16-21)32(34)35)30-25-13-2-1-8-20(25)17-31(18-22-9-3-5-14-27-22)19-23-10-4-6-15-28-23;2*8-7(9)6-4-2-1-3-5-6;;/h1-16H,17-19H2,(H2,29,30,33);2*1-5H,(H,8,9);;1H2/q;;;+2;/p-2. The fraction of sp³-hybridized carbons (Fsp3) is 0.0750. The number of carboxylic acid groups (broad SMARTS) is 2. The number of nitrogens with one attached hydrogen (secondary N) is 2. The first-order chi connectivity index (χ1) is 25.7. The van der Waals surface area contributed by atoms with Gasteiger partial charge in [0.1, 0.15) is 0 Å². The van der Waals surface area contributed by atoms with Gasteiger partial charge in [0, 0.05) is 55.5 Å². The van der Waals surface area contributed by atoms with Crippen LogP contribution in [-0.4, -0.2) is 43.2 Å². The van der Waals surface area contributed by atoms with E-state index in [-0.39, 0.29) is 39.4 Å². The van der Waals surface area contributed by atoms with Crippen molar-refractivity contribution in [1.82, 2.24) is 14.9 Å². The molecule has 55 heavy (non-hydrogen) atoms. The summed E-state index contributed by atoms with van der Waals surface area (Å²) < 4.78 is 0. The van der Waals surface area contributed by atoms with Crippen molar-refractivity contribution >= 4 is 35.0 Å². The third-order valence-corrected chi connectivity index (χ3v) is 7.22. The van der Waals surface area contributed by atoms with E-state index in [9.17, 15) is 34.7 Å². The smallest absolute Gasteiger partial charge is 0.545 e. The molecule has 15 heteroatoms. The van der Waals surface area contributed by atoms with Gasteiger partial charge in [0.25, 0.3) is 5.69 Å². The SMILES string of the molecule is O.O=C(Nc1cccc([N+](=O)[O-])c1)Nc1ccccc1CN(Cc1ccccn1)Cc1ccccn1.O=C([O-])c1ccccc1.O=C([O-])c1ccccc1.[Cu+2]. The second kappa shape index (κ2) is 23.7. The Morgan fingerprint density at radius 3 is 1.55 bits per heavy atom. The molecule has 0 aliphatic rings. The molecule has 0 bridgehead atoms. The summed E-state index contributed by atoms with van der Waals surface area (Å²) in [6, 6.07) is 40.6. The Morgan fingerprint density at radius 2 is 1.09 bits per heavy atom. The van der Waals surface area contributed by atoms with E-state index in [1.165, 1.54) is 42.5 Å². The molecule has 6 rings (SSSR count). The van der Waals surface area contributed by atoms with Crippen molar-refractivity contribution in [2.75, 3.05) is 10.6 Å². The van der Waals surface area contributed by atoms with E-state index in [0.29, 0.717) is 31.0 Å². The summed E-state index contributed by atoms with van der Waals surface area (Å²) in [5, 5.41) is 36.7. The van der Waals surface area contributed by atoms with E-state index in [4.69, 9.17) is 0 Å². The molecule has 285 valence electrons. The Hall–Kier alpha value is -6.77. The molecule has 2 amide bonds. The molecule has 0 saturated carbocycles. The Labute approximate surface area is 327 Å². The van der Waals surface area contributed by atoms with Crippen LogP contribution in [-0.2, 0) is 36.7 Å². The number of anilines is 2. The molecule has 0 unspecified atom stereocenters. The van der Waals surface area contributed by atoms with Gasteiger partial charge in [0.05, 0.1) is 28.2 Å². The minimum absolute atomic E-state index is 0. The number of hydrogen-bond acceptors (Lipinski definition) is 10. The van der Waals surface area contributed by atoms with E-state index in [1.54, 1.807) is 54.9 Å². The summed E-state index contributed by atoms with van der Waals surface area (Å²) in [7, 11) is 0. The molecule has 0 saturated heterocycles. The Bertz CT molecular complexity index is 1990. The average molecular weight is 792 g/mol. The molecule has 14 nitrogen and oxygen atoms in total. The number of para-hydroxylation sites is 1. The van der Waals surface area contributed by atoms with Crippen molar-refractivity contribution < 1.29 is 52.1 Å². The molecular weight excluding hydrogens is 756 g/mol. The molecule has 2 heterocycles. The number of hydrogen-bond donors (Lipinski definition) is 2. The zero-order valence-electron chi connectivity index (χ0n) is 29.1. The Balaban J connectivity index is 0.000000428. The number of amides is 2. The quantitative estimate of drug-likeness (QED) is 0.106. The third-order valence-electron chi connectivity index (χ3n) is 7.22. The summed E-state index contributed by atoms with van der Waals surface area (Å²) in [5.74, 6) is -2.26. The van der Waals surface area contributed by atoms with Crippen LogP contribution in [0.5, 0.6) is 0 Å². The monoisotopic (exact) mass is 791 g/mol. The van der Waals surface area contributed by atoms with E-state index in [1.807, 2.05) is 60.7 Å². The van der Waals surface area contributed by atoms with Crippen molar-refractivity contribution in [1.29, 1.82) is 0 Å². The van der Waals surface area contributed by atoms with Crippen molar-refractivity contribution in [3.63, 3.8) is 0 Å². The van der Waals surface area contributed by atoms with Crippen LogP contribution in [0.3, 0.4) is 0 Å². The molecule has 0 atom stereocenters. The first kappa shape index (κ1) is 44.4. The number of benzene rings is 4. The predicted molar refractivity (Wildman–Crippen MR) is 199 cm³/mol. The van der Waals surface area contributed by atoms with Gasteiger partial charge in [-0.15, -0.1) is 0 Å². The second-order valence-corrected chi connectivity index (χ2v) is 11.1. The minimum Gasteiger partial charge on any atom is -0.545 e. The number of urea groups is 1. The number of non-ortho nitro benzene ring substituents is 1. The molecule has 0 fully saturated rings. The van der Waals surface area contributed by atoms with E-state index in [0.717, 1.165) is 17.0 Å². The largest absolute Gasteiger partial charge is 2.00 e. The fourth-order valence-corrected chi connectivity index (χ4v) is 4.76. The van der Waals surface area contributed by atoms with Gasteiger partial charge in [-0.2, -0.15) is 0 Å². The number of carboxylic acids is 2. The molecule has 1 radical (unpaired) electrons. The number of carbonyl (C=O) groups excluding carboxylic acids is 3. The first-order valence-electron chi connectivity index (χ1n) is 16.1. The Morgan fingerprint density at radius 1 is 0.600 bits per heavy atom. The molecule has 4 N–H and O–H groups in total. The number of nitro benzene ring substituents is 1. The summed E-state index contributed by atoms with van der Waals surface area (Å²) in [4.78, 5) is 54.4. The maximum Gasteiger partial charge on any atom is 2.00 e. The Kier molecular flexibility index (Phi) is 19.1. The average Bonchev–Trinajstić information content (AvgIpc) is 3.17. The summed E-state index contributed by atoms with van der Waals surface area (Å²) in [6.07, 6.45) is 3.53. The van der Waals surface area contributed by atoms with Crippen LogP contribution in [0.25, 0.3) is 0 Å². The number of rotatable bonds is 11. The molecule has 2 aromatic heterocycles. The van der Waals surface area contributed by atoms with Gasteiger partial charge in [0.15, 0.2) is 0 Å². The van der Waals surface area contributed by atoms with Crippen molar-refractivity contribution in [3.8, 4) is 0 Å². The van der Waals surface area contributed by atoms with Gasteiger partial charge in [-0.3, -0.25) is 25.0 Å². The van der Waals surface area contributed by atoms with Gasteiger partial charge in [-0.25, -0.2) is 4.79 Å². The van der Waals surface area contributed by atoms with Crippen LogP contribution < -0.4 is 20.8 Å². The van der Waals surface area contributed by atoms with E-state index in [2.05, 4.69) is 25.5 Å². The first-order valence-corrected chi connectivity index (χ1v) is 16.1. The summed E-state index contributed by atoms with van der Waals surface area (Å²) in [6.45, 7) is 1.75. The van der Waals surface area contributed by atoms with Crippen LogP contribution in [0, 0.1) is 10.1 Å². The predicted octanol–water partition coefficient (Wildman–Crippen LogP) is 4.50. The van der Waals surface area contributed by atoms with Crippen LogP contribution in [0.4, 0.5) is 21.9 Å². The third kappa shape index (κ3) is 15.8. The minimum atomic E-state index is -1.13. The molecule has 6 aromatic rings. The van der Waals surface area contributed by atoms with Crippen molar-refractivity contribution in [2.24, 2.45) is 0 Å². The molecule has 4 aromatic carbocycles. The number of nitro groups is 1. The zero-order chi connectivity index (χ0) is 37.8. The second-order valence-electron chi connectivity index (χ2n) is 11.1. The number of aromatic carboxylic acids is 2. The molecule has 0 aliphatic carbocycles. The van der Waals surface area contributed by atoms with Crippen LogP contribution in [0.1, 0.15) is 37.7 Å². The van der Waals surface area contributed by atoms with Gasteiger partial charge in [0.2, 0.25) is 0 Å². The van der Waals surface area contributed by atoms with Crippen LogP contribution >= 0.6 is 0 Å².